The Kier molecular flexibility index (Phi) is 5.81. The van der Waals surface area contributed by atoms with E-state index in [0.717, 1.165) is 48.3 Å². The Morgan fingerprint density at radius 3 is 2.39 bits per heavy atom. The van der Waals surface area contributed by atoms with Crippen LogP contribution in [0.5, 0.6) is 0 Å². The molecule has 0 bridgehead atoms. The molecule has 2 aliphatic rings. The van der Waals surface area contributed by atoms with Crippen LogP contribution in [0, 0.1) is 24.1 Å². The molecule has 4 nitrogen and oxygen atoms in total. The van der Waals surface area contributed by atoms with Gasteiger partial charge >= 0.3 is 0 Å². The molecule has 0 N–H and O–H groups in total. The maximum atomic E-state index is 15.0. The molecule has 0 radical (unpaired) electrons. The van der Waals surface area contributed by atoms with E-state index in [1.807, 2.05) is 47.9 Å². The first-order valence-corrected chi connectivity index (χ1v) is 12.9. The van der Waals surface area contributed by atoms with Gasteiger partial charge in [0.05, 0.1) is 0 Å². The number of pyridine rings is 1. The Bertz CT molecular complexity index is 1530. The summed E-state index contributed by atoms with van der Waals surface area (Å²) in [7, 11) is 0. The smallest absolute Gasteiger partial charge is 0.152 e. The van der Waals surface area contributed by atoms with E-state index >= 15 is 0 Å². The van der Waals surface area contributed by atoms with Gasteiger partial charge in [-0.3, -0.25) is 4.40 Å². The van der Waals surface area contributed by atoms with Crippen LogP contribution in [0.25, 0.3) is 33.7 Å². The Hall–Kier alpha value is -3.91. The first-order valence-electron chi connectivity index (χ1n) is 12.9. The van der Waals surface area contributed by atoms with Crippen molar-refractivity contribution in [2.75, 3.05) is 13.1 Å². The first kappa shape index (κ1) is 22.5. The molecule has 2 aromatic heterocycles. The fraction of sp³-hybridized carbons (Fsp3) is 0.290. The summed E-state index contributed by atoms with van der Waals surface area (Å²) in [5.41, 5.74) is 8.76. The van der Waals surface area contributed by atoms with Gasteiger partial charge in [0.15, 0.2) is 5.69 Å². The lowest BCUT2D eigenvalue weighted by Gasteiger charge is -2.35. The molecular formula is C31H29FN4. The fourth-order valence-electron chi connectivity index (χ4n) is 5.57. The molecule has 5 heteroatoms. The van der Waals surface area contributed by atoms with E-state index in [1.165, 1.54) is 42.5 Å². The Labute approximate surface area is 211 Å². The molecule has 0 spiro atoms. The molecule has 2 aromatic carbocycles. The van der Waals surface area contributed by atoms with Gasteiger partial charge in [-0.05, 0) is 80.3 Å². The van der Waals surface area contributed by atoms with Crippen LogP contribution in [0.3, 0.4) is 0 Å². The van der Waals surface area contributed by atoms with Gasteiger partial charge in [0, 0.05) is 41.7 Å². The molecule has 36 heavy (non-hydrogen) atoms. The number of nitriles is 1. The van der Waals surface area contributed by atoms with Crippen molar-refractivity contribution in [2.24, 2.45) is 0 Å². The number of allylic oxidation sites excluding steroid dienone is 1. The minimum absolute atomic E-state index is 0.273. The van der Waals surface area contributed by atoms with E-state index in [1.54, 1.807) is 12.1 Å². The number of imidazole rings is 1. The third-order valence-electron chi connectivity index (χ3n) is 7.57. The van der Waals surface area contributed by atoms with Crippen LogP contribution >= 0.6 is 0 Å². The van der Waals surface area contributed by atoms with Crippen LogP contribution < -0.4 is 0 Å². The molecule has 4 aromatic rings. The van der Waals surface area contributed by atoms with E-state index in [-0.39, 0.29) is 5.82 Å². The topological polar surface area (TPSA) is 44.3 Å². The number of hydrogen-bond donors (Lipinski definition) is 0. The molecule has 3 heterocycles. The quantitative estimate of drug-likeness (QED) is 0.309. The summed E-state index contributed by atoms with van der Waals surface area (Å²) < 4.78 is 16.8. The van der Waals surface area contributed by atoms with Gasteiger partial charge in [0.1, 0.15) is 23.2 Å². The summed E-state index contributed by atoms with van der Waals surface area (Å²) in [5.74, 6) is -0.273. The molecular weight excluding hydrogens is 447 g/mol. The number of aromatic nitrogens is 2. The van der Waals surface area contributed by atoms with Crippen LogP contribution in [0.1, 0.15) is 55.3 Å². The minimum Gasteiger partial charge on any atom is -0.371 e. The number of piperidine rings is 1. The number of hydrogen-bond acceptors (Lipinski definition) is 3. The lowest BCUT2D eigenvalue weighted by atomic mass is 9.87. The van der Waals surface area contributed by atoms with Gasteiger partial charge in [-0.2, -0.15) is 5.26 Å². The van der Waals surface area contributed by atoms with Crippen molar-refractivity contribution in [3.05, 3.63) is 89.0 Å². The highest BCUT2D eigenvalue weighted by atomic mass is 19.1. The zero-order chi connectivity index (χ0) is 24.6. The van der Waals surface area contributed by atoms with Crippen molar-refractivity contribution in [2.45, 2.75) is 45.4 Å². The summed E-state index contributed by atoms with van der Waals surface area (Å²) in [5, 5.41) is 10.1. The molecule has 180 valence electrons. The monoisotopic (exact) mass is 476 g/mol. The number of nitrogens with zero attached hydrogens (tertiary/aromatic N) is 4. The van der Waals surface area contributed by atoms with Crippen LogP contribution in [0.4, 0.5) is 4.39 Å². The van der Waals surface area contributed by atoms with Crippen molar-refractivity contribution in [3.63, 3.8) is 0 Å². The molecule has 0 amide bonds. The number of halogens is 1. The normalized spacial score (nSPS) is 15.6. The summed E-state index contributed by atoms with van der Waals surface area (Å²) in [4.78, 5) is 7.51. The predicted molar refractivity (Wildman–Crippen MR) is 142 cm³/mol. The average Bonchev–Trinajstić information content (AvgIpc) is 3.24. The second-order valence-corrected chi connectivity index (χ2v) is 9.95. The highest BCUT2D eigenvalue weighted by Gasteiger charge is 2.24. The molecule has 6 rings (SSSR count). The summed E-state index contributed by atoms with van der Waals surface area (Å²) in [6.45, 7) is 4.08. The summed E-state index contributed by atoms with van der Waals surface area (Å²) in [6.07, 6.45) is 9.32. The average molecular weight is 477 g/mol. The van der Waals surface area contributed by atoms with Crippen LogP contribution in [-0.2, 0) is 0 Å². The minimum atomic E-state index is -0.273. The number of fused-ring (bicyclic) bond motifs is 1. The maximum Gasteiger partial charge on any atom is 0.152 e. The van der Waals surface area contributed by atoms with Crippen molar-refractivity contribution in [1.82, 2.24) is 14.3 Å². The lowest BCUT2D eigenvalue weighted by molar-refractivity contribution is 0.321. The first-order chi connectivity index (χ1) is 17.6. The second kappa shape index (κ2) is 9.28. The van der Waals surface area contributed by atoms with E-state index in [0.29, 0.717) is 17.0 Å². The number of likely N-dealkylation sites (tertiary alicyclic amines) is 1. The molecule has 0 atom stereocenters. The molecule has 1 aliphatic heterocycles. The van der Waals surface area contributed by atoms with Crippen molar-refractivity contribution in [3.8, 4) is 28.5 Å². The highest BCUT2D eigenvalue weighted by Crippen LogP contribution is 2.39. The van der Waals surface area contributed by atoms with Crippen molar-refractivity contribution < 1.29 is 4.39 Å². The van der Waals surface area contributed by atoms with Crippen molar-refractivity contribution in [1.29, 1.82) is 5.26 Å². The third kappa shape index (κ3) is 3.87. The third-order valence-corrected chi connectivity index (χ3v) is 7.57. The lowest BCUT2D eigenvalue weighted by Crippen LogP contribution is -2.30. The van der Waals surface area contributed by atoms with E-state index in [2.05, 4.69) is 23.1 Å². The summed E-state index contributed by atoms with van der Waals surface area (Å²) >= 11 is 0. The molecule has 1 saturated heterocycles. The van der Waals surface area contributed by atoms with Gasteiger partial charge in [-0.15, -0.1) is 0 Å². The molecule has 2 fully saturated rings. The van der Waals surface area contributed by atoms with Gasteiger partial charge in [-0.1, -0.05) is 36.4 Å². The van der Waals surface area contributed by atoms with Crippen LogP contribution in [0.2, 0.25) is 0 Å². The van der Waals surface area contributed by atoms with Crippen molar-refractivity contribution >= 4 is 11.3 Å². The highest BCUT2D eigenvalue weighted by molar-refractivity contribution is 5.85. The molecule has 1 aliphatic carbocycles. The Morgan fingerprint density at radius 2 is 1.69 bits per heavy atom. The predicted octanol–water partition coefficient (Wildman–Crippen LogP) is 7.37. The van der Waals surface area contributed by atoms with Crippen LogP contribution in [0.15, 0.2) is 66.4 Å². The number of rotatable bonds is 4. The Morgan fingerprint density at radius 1 is 0.917 bits per heavy atom. The molecule has 0 unspecified atom stereocenters. The van der Waals surface area contributed by atoms with Crippen LogP contribution in [-0.4, -0.2) is 27.4 Å². The van der Waals surface area contributed by atoms with Gasteiger partial charge in [0.25, 0.3) is 0 Å². The largest absolute Gasteiger partial charge is 0.371 e. The van der Waals surface area contributed by atoms with E-state index in [9.17, 15) is 9.65 Å². The molecule has 1 saturated carbocycles. The zero-order valence-corrected chi connectivity index (χ0v) is 20.6. The Balaban J connectivity index is 1.49. The second-order valence-electron chi connectivity index (χ2n) is 9.95. The summed E-state index contributed by atoms with van der Waals surface area (Å²) in [6, 6.07) is 19.5. The number of aryl methyl sites for hydroxylation is 1. The van der Waals surface area contributed by atoms with E-state index in [4.69, 9.17) is 4.98 Å². The van der Waals surface area contributed by atoms with Gasteiger partial charge < -0.3 is 4.90 Å². The van der Waals surface area contributed by atoms with Gasteiger partial charge in [0.2, 0.25) is 0 Å². The maximum absolute atomic E-state index is 15.0. The number of benzene rings is 2. The fourth-order valence-corrected chi connectivity index (χ4v) is 5.57. The van der Waals surface area contributed by atoms with E-state index < -0.39 is 0 Å². The SMILES string of the molecule is Cc1ccc(-c2ccccc2-c2nc3cc(C(=C4CCC4)N4CCCCC4)ccn3c2C#N)c(F)c1. The van der Waals surface area contributed by atoms with Gasteiger partial charge in [-0.25, -0.2) is 9.37 Å². The standard InChI is InChI=1S/C31H29FN4/c1-21-12-13-25(27(32)18-21)24-10-3-4-11-26(24)30-28(20-33)36-17-14-23(19-29(36)34-30)31(22-8-7-9-22)35-15-5-2-6-16-35/h3-4,10-14,17-19H,2,5-9,15-16H2,1H3. The zero-order valence-electron chi connectivity index (χ0n) is 20.6.